The molecule has 1 N–H and O–H groups in total. The Balaban J connectivity index is 1.69. The second kappa shape index (κ2) is 12.2. The fourth-order valence-corrected chi connectivity index (χ4v) is 5.20. The summed E-state index contributed by atoms with van der Waals surface area (Å²) in [6.07, 6.45) is 2.77. The molecular formula is C32H41FN4O5. The summed E-state index contributed by atoms with van der Waals surface area (Å²) < 4.78 is 26.3. The molecule has 226 valence electrons. The van der Waals surface area contributed by atoms with Crippen LogP contribution in [0, 0.1) is 18.2 Å². The first-order chi connectivity index (χ1) is 19.7. The normalized spacial score (nSPS) is 15.9. The smallest absolute Gasteiger partial charge is 0.339 e. The molecule has 10 heteroatoms. The summed E-state index contributed by atoms with van der Waals surface area (Å²) in [5.41, 5.74) is 3.26. The lowest BCUT2D eigenvalue weighted by Gasteiger charge is -2.40. The average Bonchev–Trinajstić information content (AvgIpc) is 3.34. The van der Waals surface area contributed by atoms with Crippen molar-refractivity contribution in [3.05, 3.63) is 64.7 Å². The van der Waals surface area contributed by atoms with Crippen LogP contribution in [0.4, 0.5) is 10.1 Å². The van der Waals surface area contributed by atoms with Gasteiger partial charge in [0.05, 0.1) is 30.5 Å². The van der Waals surface area contributed by atoms with E-state index in [0.29, 0.717) is 16.6 Å². The van der Waals surface area contributed by atoms with E-state index in [4.69, 9.17) is 9.47 Å². The number of nitrogens with one attached hydrogen (secondary N) is 1. The number of fused-ring (bicyclic) bond motifs is 1. The minimum Gasteiger partial charge on any atom is -0.467 e. The van der Waals surface area contributed by atoms with Crippen LogP contribution in [-0.4, -0.2) is 59.6 Å². The molecule has 0 aliphatic carbocycles. The minimum absolute atomic E-state index is 0.0758. The number of pyridine rings is 1. The minimum atomic E-state index is -0.985. The van der Waals surface area contributed by atoms with Gasteiger partial charge in [-0.3, -0.25) is 9.59 Å². The maximum atomic E-state index is 13.2. The number of esters is 1. The standard InChI is InChI=1S/C32H41FN4O5/c1-20-19-37-25(17-24(35-37)29(39)34-18-23(38)16-21-8-10-22(33)11-9-21)27(36-14-12-32(5,6)13-15-36)26(20)28(30(40)41-7)42-31(2,3)4/h8-11,17,19,28H,12-16,18H2,1-7H3,(H,34,39). The molecule has 9 nitrogen and oxygen atoms in total. The number of hydrogen-bond acceptors (Lipinski definition) is 7. The van der Waals surface area contributed by atoms with Crippen LogP contribution >= 0.6 is 0 Å². The molecule has 1 fully saturated rings. The van der Waals surface area contributed by atoms with Gasteiger partial charge in [0.1, 0.15) is 5.82 Å². The molecule has 1 atom stereocenters. The number of anilines is 1. The van der Waals surface area contributed by atoms with Crippen LogP contribution in [0.2, 0.25) is 0 Å². The summed E-state index contributed by atoms with van der Waals surface area (Å²) in [6, 6.07) is 7.37. The first-order valence-corrected chi connectivity index (χ1v) is 14.3. The maximum absolute atomic E-state index is 13.2. The lowest BCUT2D eigenvalue weighted by molar-refractivity contribution is -0.164. The van der Waals surface area contributed by atoms with Crippen molar-refractivity contribution in [2.75, 3.05) is 31.6 Å². The highest BCUT2D eigenvalue weighted by Crippen LogP contribution is 2.41. The van der Waals surface area contributed by atoms with Gasteiger partial charge in [0, 0.05) is 31.3 Å². The van der Waals surface area contributed by atoms with Gasteiger partial charge in [-0.25, -0.2) is 13.7 Å². The first-order valence-electron chi connectivity index (χ1n) is 14.3. The van der Waals surface area contributed by atoms with Gasteiger partial charge in [-0.05, 0) is 75.3 Å². The molecule has 1 unspecified atom stereocenters. The molecule has 0 saturated carbocycles. The van der Waals surface area contributed by atoms with Crippen molar-refractivity contribution in [1.82, 2.24) is 14.9 Å². The predicted octanol–water partition coefficient (Wildman–Crippen LogP) is 4.98. The van der Waals surface area contributed by atoms with E-state index in [1.165, 1.54) is 19.2 Å². The Morgan fingerprint density at radius 1 is 1.12 bits per heavy atom. The van der Waals surface area contributed by atoms with Crippen molar-refractivity contribution in [3.8, 4) is 0 Å². The third kappa shape index (κ3) is 7.34. The Hall–Kier alpha value is -3.79. The van der Waals surface area contributed by atoms with Crippen molar-refractivity contribution in [3.63, 3.8) is 0 Å². The van der Waals surface area contributed by atoms with Crippen LogP contribution in [0.15, 0.2) is 36.5 Å². The zero-order chi connectivity index (χ0) is 30.8. The topological polar surface area (TPSA) is 102 Å². The van der Waals surface area contributed by atoms with Gasteiger partial charge in [-0.2, -0.15) is 5.10 Å². The molecule has 3 aromatic rings. The zero-order valence-corrected chi connectivity index (χ0v) is 25.5. The largest absolute Gasteiger partial charge is 0.467 e. The molecule has 1 aromatic carbocycles. The molecule has 4 rings (SSSR count). The van der Waals surface area contributed by atoms with E-state index in [1.807, 2.05) is 27.7 Å². The van der Waals surface area contributed by atoms with Crippen LogP contribution < -0.4 is 10.2 Å². The highest BCUT2D eigenvalue weighted by atomic mass is 19.1. The Kier molecular flexibility index (Phi) is 9.06. The molecule has 1 amide bonds. The first kappa shape index (κ1) is 31.2. The number of aromatic nitrogens is 2. The van der Waals surface area contributed by atoms with Gasteiger partial charge >= 0.3 is 5.97 Å². The summed E-state index contributed by atoms with van der Waals surface area (Å²) in [5, 5.41) is 7.20. The highest BCUT2D eigenvalue weighted by molar-refractivity contribution is 5.98. The molecule has 0 spiro atoms. The van der Waals surface area contributed by atoms with Gasteiger partial charge in [-0.1, -0.05) is 26.0 Å². The number of ketones is 1. The van der Waals surface area contributed by atoms with Crippen LogP contribution in [0.3, 0.4) is 0 Å². The third-order valence-corrected chi connectivity index (χ3v) is 7.55. The number of Topliss-reactive ketones (excluding diaryl/α,β-unsaturated/α-hetero) is 1. The van der Waals surface area contributed by atoms with E-state index in [9.17, 15) is 18.8 Å². The molecular weight excluding hydrogens is 539 g/mol. The Morgan fingerprint density at radius 3 is 2.36 bits per heavy atom. The summed E-state index contributed by atoms with van der Waals surface area (Å²) >= 11 is 0. The summed E-state index contributed by atoms with van der Waals surface area (Å²) in [6.45, 7) is 13.4. The average molecular weight is 581 g/mol. The number of carbonyl (C=O) groups excluding carboxylic acids is 3. The molecule has 42 heavy (non-hydrogen) atoms. The highest BCUT2D eigenvalue weighted by Gasteiger charge is 2.36. The summed E-state index contributed by atoms with van der Waals surface area (Å²) in [7, 11) is 1.34. The molecule has 2 aromatic heterocycles. The monoisotopic (exact) mass is 580 g/mol. The van der Waals surface area contributed by atoms with E-state index in [-0.39, 0.29) is 35.7 Å². The summed E-state index contributed by atoms with van der Waals surface area (Å²) in [5.74, 6) is -1.59. The van der Waals surface area contributed by atoms with Crippen molar-refractivity contribution >= 4 is 28.9 Å². The number of ether oxygens (including phenoxy) is 2. The van der Waals surface area contributed by atoms with Crippen LogP contribution in [0.1, 0.15) is 80.7 Å². The third-order valence-electron chi connectivity index (χ3n) is 7.55. The lowest BCUT2D eigenvalue weighted by Crippen LogP contribution is -2.39. The number of carbonyl (C=O) groups is 3. The van der Waals surface area contributed by atoms with Crippen molar-refractivity contribution in [1.29, 1.82) is 0 Å². The molecule has 0 radical (unpaired) electrons. The number of piperidine rings is 1. The van der Waals surface area contributed by atoms with Gasteiger partial charge in [0.15, 0.2) is 17.6 Å². The zero-order valence-electron chi connectivity index (χ0n) is 25.5. The van der Waals surface area contributed by atoms with Crippen molar-refractivity contribution < 1.29 is 28.2 Å². The second-order valence-corrected chi connectivity index (χ2v) is 12.7. The Bertz CT molecular complexity index is 1460. The number of aryl methyl sites for hydroxylation is 1. The van der Waals surface area contributed by atoms with Crippen molar-refractivity contribution in [2.45, 2.75) is 72.5 Å². The number of methoxy groups -OCH3 is 1. The molecule has 3 heterocycles. The number of hydrogen-bond donors (Lipinski definition) is 1. The fraction of sp³-hybridized carbons (Fsp3) is 0.500. The van der Waals surface area contributed by atoms with E-state index in [0.717, 1.165) is 37.2 Å². The number of benzene rings is 1. The molecule has 1 aliphatic heterocycles. The van der Waals surface area contributed by atoms with Crippen LogP contribution in [-0.2, 0) is 25.5 Å². The Morgan fingerprint density at radius 2 is 1.76 bits per heavy atom. The fourth-order valence-electron chi connectivity index (χ4n) is 5.20. The number of halogens is 1. The number of rotatable bonds is 9. The van der Waals surface area contributed by atoms with Gasteiger partial charge in [0.2, 0.25) is 0 Å². The number of nitrogens with zero attached hydrogens (tertiary/aromatic N) is 3. The molecule has 1 aliphatic rings. The predicted molar refractivity (Wildman–Crippen MR) is 158 cm³/mol. The SMILES string of the molecule is COC(=O)C(OC(C)(C)C)c1c(C)cn2nc(C(=O)NCC(=O)Cc3ccc(F)cc3)cc2c1N1CCC(C)(C)CC1. The van der Waals surface area contributed by atoms with Crippen LogP contribution in [0.5, 0.6) is 0 Å². The quantitative estimate of drug-likeness (QED) is 0.356. The number of amides is 1. The Labute approximate surface area is 246 Å². The van der Waals surface area contributed by atoms with E-state index in [2.05, 4.69) is 29.2 Å². The van der Waals surface area contributed by atoms with Gasteiger partial charge in [0.25, 0.3) is 5.91 Å². The summed E-state index contributed by atoms with van der Waals surface area (Å²) in [4.78, 5) is 41.0. The van der Waals surface area contributed by atoms with Gasteiger partial charge in [-0.15, -0.1) is 0 Å². The maximum Gasteiger partial charge on any atom is 0.339 e. The second-order valence-electron chi connectivity index (χ2n) is 12.7. The molecule has 1 saturated heterocycles. The van der Waals surface area contributed by atoms with E-state index < -0.39 is 23.6 Å². The van der Waals surface area contributed by atoms with E-state index >= 15 is 0 Å². The van der Waals surface area contributed by atoms with Gasteiger partial charge < -0.3 is 19.7 Å². The van der Waals surface area contributed by atoms with E-state index in [1.54, 1.807) is 28.9 Å². The molecule has 0 bridgehead atoms. The lowest BCUT2D eigenvalue weighted by atomic mass is 9.82. The van der Waals surface area contributed by atoms with Crippen LogP contribution in [0.25, 0.3) is 5.52 Å². The van der Waals surface area contributed by atoms with Crippen molar-refractivity contribution in [2.24, 2.45) is 5.41 Å².